The Bertz CT molecular complexity index is 1340. The van der Waals surface area contributed by atoms with Crippen molar-refractivity contribution in [3.8, 4) is 11.3 Å². The fourth-order valence-electron chi connectivity index (χ4n) is 3.43. The number of aliphatic hydroxyl groups excluding tert-OH is 1. The van der Waals surface area contributed by atoms with Gasteiger partial charge in [0.2, 0.25) is 5.95 Å². The van der Waals surface area contributed by atoms with Crippen LogP contribution >= 0.6 is 0 Å². The predicted molar refractivity (Wildman–Crippen MR) is 125 cm³/mol. The van der Waals surface area contributed by atoms with Crippen molar-refractivity contribution >= 4 is 27.3 Å². The van der Waals surface area contributed by atoms with Crippen LogP contribution in [0, 0.1) is 6.92 Å². The molecule has 0 spiro atoms. The quantitative estimate of drug-likeness (QED) is 0.308. The molecule has 2 aromatic carbocycles. The lowest BCUT2D eigenvalue weighted by molar-refractivity contribution is 0.276. The molecular weight excluding hydrogens is 442 g/mol. The van der Waals surface area contributed by atoms with Crippen molar-refractivity contribution in [2.75, 3.05) is 23.5 Å². The summed E-state index contributed by atoms with van der Waals surface area (Å²) in [5.74, 6) is 0.760. The topological polar surface area (TPSA) is 146 Å². The maximum atomic E-state index is 11.9. The molecule has 4 rings (SSSR count). The Kier molecular flexibility index (Phi) is 6.33. The first-order valence-electron chi connectivity index (χ1n) is 10.1. The first kappa shape index (κ1) is 22.4. The summed E-state index contributed by atoms with van der Waals surface area (Å²) in [6.07, 6.45) is 4.35. The SMILES string of the molecule is Cc1cc(Nc2ncc(-c3cnn[nH]3)c(N[C@H](CO)c3ccccc3)n2)ccc1S(C)(=O)=O. The summed E-state index contributed by atoms with van der Waals surface area (Å²) in [6.45, 7) is 1.58. The number of aromatic nitrogens is 5. The second-order valence-corrected chi connectivity index (χ2v) is 9.48. The van der Waals surface area contributed by atoms with Crippen molar-refractivity contribution in [2.45, 2.75) is 17.9 Å². The van der Waals surface area contributed by atoms with Gasteiger partial charge < -0.3 is 15.7 Å². The largest absolute Gasteiger partial charge is 0.394 e. The second-order valence-electron chi connectivity index (χ2n) is 7.49. The van der Waals surface area contributed by atoms with E-state index < -0.39 is 15.9 Å². The van der Waals surface area contributed by atoms with Gasteiger partial charge in [-0.1, -0.05) is 35.5 Å². The van der Waals surface area contributed by atoms with Gasteiger partial charge in [0.1, 0.15) is 5.82 Å². The number of H-pyrrole nitrogens is 1. The molecule has 4 N–H and O–H groups in total. The molecule has 0 aliphatic heterocycles. The number of rotatable bonds is 8. The molecule has 0 amide bonds. The summed E-state index contributed by atoms with van der Waals surface area (Å²) >= 11 is 0. The number of nitrogens with one attached hydrogen (secondary N) is 3. The summed E-state index contributed by atoms with van der Waals surface area (Å²) < 4.78 is 23.8. The van der Waals surface area contributed by atoms with E-state index in [9.17, 15) is 13.5 Å². The fourth-order valence-corrected chi connectivity index (χ4v) is 4.39. The summed E-state index contributed by atoms with van der Waals surface area (Å²) in [5.41, 5.74) is 3.40. The number of aliphatic hydroxyl groups is 1. The third kappa shape index (κ3) is 5.16. The molecule has 0 radical (unpaired) electrons. The Hall–Kier alpha value is -3.83. The minimum Gasteiger partial charge on any atom is -0.394 e. The van der Waals surface area contributed by atoms with Crippen LogP contribution in [0.1, 0.15) is 17.2 Å². The third-order valence-corrected chi connectivity index (χ3v) is 6.28. The van der Waals surface area contributed by atoms with E-state index in [0.29, 0.717) is 34.3 Å². The third-order valence-electron chi connectivity index (χ3n) is 5.02. The van der Waals surface area contributed by atoms with E-state index in [1.165, 1.54) is 6.26 Å². The maximum Gasteiger partial charge on any atom is 0.229 e. The van der Waals surface area contributed by atoms with Crippen molar-refractivity contribution in [3.63, 3.8) is 0 Å². The number of aromatic amines is 1. The molecule has 33 heavy (non-hydrogen) atoms. The highest BCUT2D eigenvalue weighted by Gasteiger charge is 2.17. The first-order chi connectivity index (χ1) is 15.8. The van der Waals surface area contributed by atoms with Crippen LogP contribution in [0.25, 0.3) is 11.3 Å². The fraction of sp³-hybridized carbons (Fsp3) is 0.182. The normalized spacial score (nSPS) is 12.3. The van der Waals surface area contributed by atoms with Crippen LogP contribution in [-0.4, -0.2) is 51.8 Å². The Labute approximate surface area is 191 Å². The van der Waals surface area contributed by atoms with Crippen molar-refractivity contribution in [3.05, 3.63) is 72.1 Å². The van der Waals surface area contributed by atoms with Crippen LogP contribution in [0.5, 0.6) is 0 Å². The van der Waals surface area contributed by atoms with Gasteiger partial charge in [-0.3, -0.25) is 5.10 Å². The molecule has 0 aliphatic rings. The number of hydrogen-bond donors (Lipinski definition) is 4. The molecule has 1 atom stereocenters. The highest BCUT2D eigenvalue weighted by atomic mass is 32.2. The van der Waals surface area contributed by atoms with Crippen LogP contribution in [0.3, 0.4) is 0 Å². The maximum absolute atomic E-state index is 11.9. The second kappa shape index (κ2) is 9.35. The van der Waals surface area contributed by atoms with Gasteiger partial charge in [0.05, 0.1) is 35.0 Å². The Balaban J connectivity index is 1.67. The zero-order valence-corrected chi connectivity index (χ0v) is 18.8. The number of benzene rings is 2. The molecule has 0 saturated heterocycles. The number of hydrogen-bond acceptors (Lipinski definition) is 9. The first-order valence-corrected chi connectivity index (χ1v) is 12.0. The van der Waals surface area contributed by atoms with Crippen molar-refractivity contribution in [1.29, 1.82) is 0 Å². The molecule has 0 saturated carbocycles. The van der Waals surface area contributed by atoms with Gasteiger partial charge in [-0.2, -0.15) is 4.98 Å². The lowest BCUT2D eigenvalue weighted by Crippen LogP contribution is -2.17. The van der Waals surface area contributed by atoms with E-state index in [1.807, 2.05) is 30.3 Å². The highest BCUT2D eigenvalue weighted by molar-refractivity contribution is 7.90. The lowest BCUT2D eigenvalue weighted by Gasteiger charge is -2.19. The van der Waals surface area contributed by atoms with E-state index >= 15 is 0 Å². The number of sulfone groups is 1. The predicted octanol–water partition coefficient (Wildman–Crippen LogP) is 2.86. The van der Waals surface area contributed by atoms with Gasteiger partial charge in [0.15, 0.2) is 9.84 Å². The van der Waals surface area contributed by atoms with E-state index in [1.54, 1.807) is 37.5 Å². The van der Waals surface area contributed by atoms with E-state index in [0.717, 1.165) is 5.56 Å². The van der Waals surface area contributed by atoms with Gasteiger partial charge in [0.25, 0.3) is 0 Å². The van der Waals surface area contributed by atoms with Crippen LogP contribution in [0.4, 0.5) is 17.5 Å². The summed E-state index contributed by atoms with van der Waals surface area (Å²) in [5, 5.41) is 26.7. The molecule has 170 valence electrons. The standard InChI is InChI=1S/C22H23N7O3S/c1-14-10-16(8-9-20(14)33(2,31)32)25-22-23-11-17(18-12-24-29-28-18)21(27-22)26-19(13-30)15-6-4-3-5-7-15/h3-12,19,30H,13H2,1-2H3,(H,24,28,29)(H2,23,25,26,27)/t19-/m1/s1. The molecule has 10 nitrogen and oxygen atoms in total. The molecule has 4 aromatic rings. The van der Waals surface area contributed by atoms with Crippen LogP contribution in [-0.2, 0) is 9.84 Å². The van der Waals surface area contributed by atoms with Crippen LogP contribution < -0.4 is 10.6 Å². The van der Waals surface area contributed by atoms with Gasteiger partial charge in [-0.25, -0.2) is 13.4 Å². The average Bonchev–Trinajstić information content (AvgIpc) is 3.32. The van der Waals surface area contributed by atoms with Crippen molar-refractivity contribution in [2.24, 2.45) is 0 Å². The molecule has 0 unspecified atom stereocenters. The Morgan fingerprint density at radius 1 is 1.12 bits per heavy atom. The smallest absolute Gasteiger partial charge is 0.229 e. The summed E-state index contributed by atoms with van der Waals surface area (Å²) in [4.78, 5) is 9.25. The number of anilines is 3. The molecule has 2 heterocycles. The molecule has 0 fully saturated rings. The molecule has 2 aromatic heterocycles. The summed E-state index contributed by atoms with van der Waals surface area (Å²) in [7, 11) is -3.31. The Morgan fingerprint density at radius 2 is 1.91 bits per heavy atom. The number of aryl methyl sites for hydroxylation is 1. The average molecular weight is 466 g/mol. The lowest BCUT2D eigenvalue weighted by atomic mass is 10.1. The van der Waals surface area contributed by atoms with Crippen molar-refractivity contribution in [1.82, 2.24) is 25.4 Å². The molecular formula is C22H23N7O3S. The minimum absolute atomic E-state index is 0.149. The summed E-state index contributed by atoms with van der Waals surface area (Å²) in [6, 6.07) is 14.1. The minimum atomic E-state index is -3.31. The van der Waals surface area contributed by atoms with E-state index in [2.05, 4.69) is 36.0 Å². The van der Waals surface area contributed by atoms with Gasteiger partial charge in [-0.15, -0.1) is 5.10 Å². The monoisotopic (exact) mass is 465 g/mol. The Morgan fingerprint density at radius 3 is 2.55 bits per heavy atom. The number of nitrogens with zero attached hydrogens (tertiary/aromatic N) is 4. The van der Waals surface area contributed by atoms with Crippen molar-refractivity contribution < 1.29 is 13.5 Å². The van der Waals surface area contributed by atoms with Crippen LogP contribution in [0.15, 0.2) is 65.8 Å². The van der Waals surface area contributed by atoms with Crippen LogP contribution in [0.2, 0.25) is 0 Å². The van der Waals surface area contributed by atoms with Gasteiger partial charge in [0, 0.05) is 18.1 Å². The highest BCUT2D eigenvalue weighted by Crippen LogP contribution is 2.29. The molecule has 0 aliphatic carbocycles. The molecule has 0 bridgehead atoms. The zero-order chi connectivity index (χ0) is 23.4. The van der Waals surface area contributed by atoms with E-state index in [4.69, 9.17) is 0 Å². The van der Waals surface area contributed by atoms with Gasteiger partial charge >= 0.3 is 0 Å². The zero-order valence-electron chi connectivity index (χ0n) is 18.0. The van der Waals surface area contributed by atoms with Gasteiger partial charge in [-0.05, 0) is 36.2 Å². The van der Waals surface area contributed by atoms with E-state index in [-0.39, 0.29) is 11.5 Å². The molecule has 11 heteroatoms.